The topological polar surface area (TPSA) is 58.8 Å². The van der Waals surface area contributed by atoms with Gasteiger partial charge in [-0.15, -0.1) is 10.2 Å². The minimum absolute atomic E-state index is 0.589. The van der Waals surface area contributed by atoms with Crippen molar-refractivity contribution in [2.75, 3.05) is 0 Å². The van der Waals surface area contributed by atoms with E-state index in [9.17, 15) is 0 Å². The van der Waals surface area contributed by atoms with Crippen LogP contribution < -0.4 is 0 Å². The van der Waals surface area contributed by atoms with Crippen molar-refractivity contribution < 1.29 is 0 Å². The van der Waals surface area contributed by atoms with Crippen molar-refractivity contribution in [1.82, 2.24) is 20.2 Å². The Labute approximate surface area is 178 Å². The van der Waals surface area contributed by atoms with E-state index in [0.29, 0.717) is 16.6 Å². The number of aryl methyl sites for hydroxylation is 1. The molecule has 0 unspecified atom stereocenters. The second-order valence-electron chi connectivity index (χ2n) is 6.99. The first kappa shape index (κ1) is 18.3. The lowest BCUT2D eigenvalue weighted by molar-refractivity contribution is 0.878. The number of benzene rings is 3. The van der Waals surface area contributed by atoms with Crippen molar-refractivity contribution in [3.63, 3.8) is 0 Å². The van der Waals surface area contributed by atoms with E-state index >= 15 is 0 Å². The Bertz CT molecular complexity index is 1430. The van der Waals surface area contributed by atoms with E-state index in [1.165, 1.54) is 22.9 Å². The standard InChI is InChI=1S/C24H17N5S/c1-15-8-3-5-10-17(15)18-11-7-13-20-21(18)22-23(26-20)27-24(29-28-22)30-14-16-9-4-6-12-19(16)25-2/h3-13H,14H2,1H3,(H,26,27,29). The number of nitrogens with zero attached hydrogens (tertiary/aromatic N) is 4. The first-order valence-electron chi connectivity index (χ1n) is 9.54. The van der Waals surface area contributed by atoms with Crippen LogP contribution in [0.4, 0.5) is 5.69 Å². The van der Waals surface area contributed by atoms with Crippen LogP contribution in [0.2, 0.25) is 0 Å². The molecule has 0 spiro atoms. The molecule has 0 saturated carbocycles. The number of H-pyrrole nitrogens is 1. The summed E-state index contributed by atoms with van der Waals surface area (Å²) in [4.78, 5) is 11.7. The number of nitrogens with one attached hydrogen (secondary N) is 1. The molecule has 0 radical (unpaired) electrons. The van der Waals surface area contributed by atoms with Gasteiger partial charge in [0.2, 0.25) is 5.16 Å². The molecular weight excluding hydrogens is 390 g/mol. The number of aromatic nitrogens is 4. The van der Waals surface area contributed by atoms with Crippen LogP contribution in [0.5, 0.6) is 0 Å². The number of para-hydroxylation sites is 1. The molecular formula is C24H17N5S. The van der Waals surface area contributed by atoms with Crippen LogP contribution in [0, 0.1) is 13.5 Å². The maximum Gasteiger partial charge on any atom is 0.211 e. The summed E-state index contributed by atoms with van der Waals surface area (Å²) in [6.45, 7) is 9.42. The van der Waals surface area contributed by atoms with Gasteiger partial charge < -0.3 is 4.98 Å². The maximum absolute atomic E-state index is 7.31. The Balaban J connectivity index is 1.55. The highest BCUT2D eigenvalue weighted by molar-refractivity contribution is 7.98. The van der Waals surface area contributed by atoms with Crippen LogP contribution in [0.15, 0.2) is 71.9 Å². The third kappa shape index (κ3) is 3.19. The van der Waals surface area contributed by atoms with Crippen molar-refractivity contribution in [2.45, 2.75) is 17.8 Å². The average molecular weight is 408 g/mol. The van der Waals surface area contributed by atoms with Crippen LogP contribution in [0.3, 0.4) is 0 Å². The van der Waals surface area contributed by atoms with Gasteiger partial charge in [-0.1, -0.05) is 72.4 Å². The molecule has 144 valence electrons. The van der Waals surface area contributed by atoms with Gasteiger partial charge in [0.1, 0.15) is 5.52 Å². The van der Waals surface area contributed by atoms with Gasteiger partial charge in [0.15, 0.2) is 11.3 Å². The summed E-state index contributed by atoms with van der Waals surface area (Å²) in [6.07, 6.45) is 0. The molecule has 0 aliphatic heterocycles. The van der Waals surface area contributed by atoms with E-state index in [1.54, 1.807) is 0 Å². The molecule has 1 N–H and O–H groups in total. The first-order chi connectivity index (χ1) is 14.7. The van der Waals surface area contributed by atoms with Crippen LogP contribution in [0.25, 0.3) is 38.0 Å². The number of aromatic amines is 1. The molecule has 2 aromatic heterocycles. The number of hydrogen-bond donors (Lipinski definition) is 1. The summed E-state index contributed by atoms with van der Waals surface area (Å²) in [6, 6.07) is 22.2. The Hall–Kier alpha value is -3.69. The van der Waals surface area contributed by atoms with Crippen LogP contribution >= 0.6 is 11.8 Å². The normalized spacial score (nSPS) is 11.1. The van der Waals surface area contributed by atoms with Gasteiger partial charge in [-0.05, 0) is 35.2 Å². The van der Waals surface area contributed by atoms with E-state index in [2.05, 4.69) is 51.2 Å². The first-order valence-corrected chi connectivity index (χ1v) is 10.5. The third-order valence-electron chi connectivity index (χ3n) is 5.13. The Kier molecular flexibility index (Phi) is 4.66. The molecule has 2 heterocycles. The van der Waals surface area contributed by atoms with Gasteiger partial charge in [0, 0.05) is 16.7 Å². The predicted molar refractivity (Wildman–Crippen MR) is 122 cm³/mol. The molecule has 0 aliphatic rings. The second kappa shape index (κ2) is 7.62. The van der Waals surface area contributed by atoms with Gasteiger partial charge >= 0.3 is 0 Å². The van der Waals surface area contributed by atoms with Crippen molar-refractivity contribution in [2.24, 2.45) is 0 Å². The van der Waals surface area contributed by atoms with Crippen molar-refractivity contribution in [1.29, 1.82) is 0 Å². The molecule has 0 aliphatic carbocycles. The van der Waals surface area contributed by atoms with Crippen molar-refractivity contribution in [3.8, 4) is 11.1 Å². The summed E-state index contributed by atoms with van der Waals surface area (Å²) in [5, 5.41) is 10.5. The van der Waals surface area contributed by atoms with Crippen LogP contribution in [0.1, 0.15) is 11.1 Å². The monoisotopic (exact) mass is 407 g/mol. The highest BCUT2D eigenvalue weighted by atomic mass is 32.2. The van der Waals surface area contributed by atoms with Crippen LogP contribution in [-0.2, 0) is 5.75 Å². The zero-order valence-electron chi connectivity index (χ0n) is 16.3. The molecule has 0 bridgehead atoms. The Morgan fingerprint density at radius 2 is 1.73 bits per heavy atom. The maximum atomic E-state index is 7.31. The van der Waals surface area contributed by atoms with Gasteiger partial charge in [0.25, 0.3) is 0 Å². The summed E-state index contributed by atoms with van der Waals surface area (Å²) in [5.41, 5.74) is 7.64. The summed E-state index contributed by atoms with van der Waals surface area (Å²) < 4.78 is 0. The Morgan fingerprint density at radius 1 is 0.933 bits per heavy atom. The van der Waals surface area contributed by atoms with Gasteiger partial charge in [-0.2, -0.15) is 0 Å². The fraction of sp³-hybridized carbons (Fsp3) is 0.0833. The molecule has 5 rings (SSSR count). The highest BCUT2D eigenvalue weighted by Crippen LogP contribution is 2.35. The summed E-state index contributed by atoms with van der Waals surface area (Å²) in [5.74, 6) is 0.625. The lowest BCUT2D eigenvalue weighted by Crippen LogP contribution is -1.92. The molecule has 30 heavy (non-hydrogen) atoms. The minimum Gasteiger partial charge on any atom is -0.338 e. The molecule has 0 fully saturated rings. The van der Waals surface area contributed by atoms with E-state index < -0.39 is 0 Å². The molecule has 0 atom stereocenters. The molecule has 6 heteroatoms. The van der Waals surface area contributed by atoms with E-state index in [0.717, 1.165) is 33.2 Å². The van der Waals surface area contributed by atoms with Crippen molar-refractivity contribution in [3.05, 3.63) is 89.3 Å². The fourth-order valence-corrected chi connectivity index (χ4v) is 4.43. The zero-order valence-corrected chi connectivity index (χ0v) is 17.1. The smallest absolute Gasteiger partial charge is 0.211 e. The molecule has 3 aromatic carbocycles. The summed E-state index contributed by atoms with van der Waals surface area (Å²) >= 11 is 1.48. The van der Waals surface area contributed by atoms with E-state index in [4.69, 9.17) is 11.6 Å². The highest BCUT2D eigenvalue weighted by Gasteiger charge is 2.15. The average Bonchev–Trinajstić information content (AvgIpc) is 3.16. The van der Waals surface area contributed by atoms with Crippen LogP contribution in [-0.4, -0.2) is 20.2 Å². The van der Waals surface area contributed by atoms with Gasteiger partial charge in [-0.3, -0.25) is 0 Å². The zero-order chi connectivity index (χ0) is 20.5. The number of hydrogen-bond acceptors (Lipinski definition) is 4. The minimum atomic E-state index is 0.589. The molecule has 0 saturated heterocycles. The third-order valence-corrected chi connectivity index (χ3v) is 6.01. The fourth-order valence-electron chi connectivity index (χ4n) is 3.65. The lowest BCUT2D eigenvalue weighted by Gasteiger charge is -2.07. The van der Waals surface area contributed by atoms with Gasteiger partial charge in [0.05, 0.1) is 6.57 Å². The molecule has 5 nitrogen and oxygen atoms in total. The number of thioether (sulfide) groups is 1. The van der Waals surface area contributed by atoms with E-state index in [1.807, 2.05) is 42.5 Å². The SMILES string of the molecule is [C-]#[N+]c1ccccc1CSc1nnc2c(n1)[nH]c1cccc(-c3ccccc3C)c12. The predicted octanol–water partition coefficient (Wildman–Crippen LogP) is 6.32. The Morgan fingerprint density at radius 3 is 2.60 bits per heavy atom. The largest absolute Gasteiger partial charge is 0.338 e. The molecule has 0 amide bonds. The number of fused-ring (bicyclic) bond motifs is 3. The molecule has 5 aromatic rings. The quantitative estimate of drug-likeness (QED) is 0.280. The van der Waals surface area contributed by atoms with Gasteiger partial charge in [-0.25, -0.2) is 9.83 Å². The number of rotatable bonds is 4. The summed E-state index contributed by atoms with van der Waals surface area (Å²) in [7, 11) is 0. The lowest BCUT2D eigenvalue weighted by atomic mass is 9.97. The second-order valence-corrected chi connectivity index (χ2v) is 7.93. The van der Waals surface area contributed by atoms with E-state index in [-0.39, 0.29) is 0 Å². The van der Waals surface area contributed by atoms with Crippen molar-refractivity contribution >= 4 is 39.5 Å².